The SMILES string of the molecule is COc1cc2c(cc1OC)[C@]13C[C@@H](OC)C=C[C@H]1CCN3CCC2. The van der Waals surface area contributed by atoms with Gasteiger partial charge in [0.15, 0.2) is 11.5 Å². The zero-order chi connectivity index (χ0) is 16.7. The summed E-state index contributed by atoms with van der Waals surface area (Å²) in [4.78, 5) is 2.70. The number of nitrogens with zero attached hydrogens (tertiary/aromatic N) is 1. The number of fused-ring (bicyclic) bond motifs is 1. The number of benzene rings is 1. The maximum atomic E-state index is 5.73. The van der Waals surface area contributed by atoms with Crippen LogP contribution in [0.1, 0.15) is 30.4 Å². The molecule has 0 aromatic heterocycles. The van der Waals surface area contributed by atoms with Crippen LogP contribution in [-0.2, 0) is 16.7 Å². The largest absolute Gasteiger partial charge is 0.493 e. The molecule has 2 heterocycles. The van der Waals surface area contributed by atoms with Crippen LogP contribution in [-0.4, -0.2) is 45.4 Å². The summed E-state index contributed by atoms with van der Waals surface area (Å²) in [5, 5.41) is 0. The lowest BCUT2D eigenvalue weighted by atomic mass is 9.70. The van der Waals surface area contributed by atoms with Gasteiger partial charge in [-0.25, -0.2) is 0 Å². The summed E-state index contributed by atoms with van der Waals surface area (Å²) in [6.45, 7) is 2.32. The summed E-state index contributed by atoms with van der Waals surface area (Å²) in [6.07, 6.45) is 9.36. The fourth-order valence-corrected chi connectivity index (χ4v) is 5.08. The zero-order valence-electron chi connectivity index (χ0n) is 14.9. The van der Waals surface area contributed by atoms with E-state index in [-0.39, 0.29) is 11.6 Å². The van der Waals surface area contributed by atoms with Gasteiger partial charge in [0, 0.05) is 19.4 Å². The van der Waals surface area contributed by atoms with Crippen LogP contribution in [0.4, 0.5) is 0 Å². The summed E-state index contributed by atoms with van der Waals surface area (Å²) < 4.78 is 16.9. The van der Waals surface area contributed by atoms with Crippen molar-refractivity contribution >= 4 is 0 Å². The predicted molar refractivity (Wildman–Crippen MR) is 93.8 cm³/mol. The van der Waals surface area contributed by atoms with Gasteiger partial charge in [-0.2, -0.15) is 0 Å². The maximum Gasteiger partial charge on any atom is 0.161 e. The molecule has 3 aliphatic rings. The van der Waals surface area contributed by atoms with E-state index in [0.29, 0.717) is 5.92 Å². The van der Waals surface area contributed by atoms with E-state index in [9.17, 15) is 0 Å². The minimum Gasteiger partial charge on any atom is -0.493 e. The van der Waals surface area contributed by atoms with Gasteiger partial charge in [0.25, 0.3) is 0 Å². The van der Waals surface area contributed by atoms with E-state index >= 15 is 0 Å². The third kappa shape index (κ3) is 2.20. The van der Waals surface area contributed by atoms with Crippen molar-refractivity contribution in [2.75, 3.05) is 34.4 Å². The van der Waals surface area contributed by atoms with Crippen LogP contribution >= 0.6 is 0 Å². The summed E-state index contributed by atoms with van der Waals surface area (Å²) in [5.41, 5.74) is 2.87. The molecule has 2 aliphatic heterocycles. The number of ether oxygens (including phenoxy) is 3. The second-order valence-corrected chi connectivity index (χ2v) is 7.14. The summed E-state index contributed by atoms with van der Waals surface area (Å²) in [5.74, 6) is 2.23. The average Bonchev–Trinajstić information content (AvgIpc) is 2.92. The van der Waals surface area contributed by atoms with Gasteiger partial charge in [-0.05, 0) is 55.6 Å². The molecule has 1 spiro atoms. The molecule has 1 fully saturated rings. The second kappa shape index (κ2) is 6.08. The van der Waals surface area contributed by atoms with Crippen molar-refractivity contribution < 1.29 is 14.2 Å². The molecule has 4 nitrogen and oxygen atoms in total. The summed E-state index contributed by atoms with van der Waals surface area (Å²) in [6, 6.07) is 4.43. The van der Waals surface area contributed by atoms with Gasteiger partial charge >= 0.3 is 0 Å². The Morgan fingerprint density at radius 1 is 1.04 bits per heavy atom. The lowest BCUT2D eigenvalue weighted by Crippen LogP contribution is -2.48. The van der Waals surface area contributed by atoms with Crippen LogP contribution in [0.25, 0.3) is 0 Å². The minimum atomic E-state index is 0.0425. The Morgan fingerprint density at radius 3 is 2.58 bits per heavy atom. The lowest BCUT2D eigenvalue weighted by molar-refractivity contribution is 0.0286. The highest BCUT2D eigenvalue weighted by molar-refractivity contribution is 5.52. The van der Waals surface area contributed by atoms with Crippen molar-refractivity contribution in [1.82, 2.24) is 4.90 Å². The van der Waals surface area contributed by atoms with E-state index in [2.05, 4.69) is 29.2 Å². The Morgan fingerprint density at radius 2 is 1.83 bits per heavy atom. The molecule has 1 aliphatic carbocycles. The molecule has 0 saturated carbocycles. The van der Waals surface area contributed by atoms with Crippen LogP contribution < -0.4 is 9.47 Å². The van der Waals surface area contributed by atoms with Gasteiger partial charge in [-0.1, -0.05) is 12.2 Å². The predicted octanol–water partition coefficient (Wildman–Crippen LogP) is 3.14. The third-order valence-electron chi connectivity index (χ3n) is 6.21. The van der Waals surface area contributed by atoms with Gasteiger partial charge in [0.05, 0.1) is 25.9 Å². The molecule has 1 aromatic rings. The normalized spacial score (nSPS) is 31.8. The number of rotatable bonds is 3. The first-order chi connectivity index (χ1) is 11.7. The molecule has 3 atom stereocenters. The van der Waals surface area contributed by atoms with Crippen LogP contribution in [0.3, 0.4) is 0 Å². The molecule has 4 rings (SSSR count). The monoisotopic (exact) mass is 329 g/mol. The quantitative estimate of drug-likeness (QED) is 0.797. The van der Waals surface area contributed by atoms with Gasteiger partial charge < -0.3 is 14.2 Å². The first-order valence-corrected chi connectivity index (χ1v) is 8.94. The Labute approximate surface area is 144 Å². The molecule has 130 valence electrons. The van der Waals surface area contributed by atoms with Crippen molar-refractivity contribution in [2.45, 2.75) is 37.3 Å². The number of methoxy groups -OCH3 is 3. The molecule has 4 heteroatoms. The molecular weight excluding hydrogens is 302 g/mol. The fourth-order valence-electron chi connectivity index (χ4n) is 5.08. The van der Waals surface area contributed by atoms with Crippen molar-refractivity contribution in [1.29, 1.82) is 0 Å². The van der Waals surface area contributed by atoms with Gasteiger partial charge in [0.1, 0.15) is 0 Å². The average molecular weight is 329 g/mol. The Balaban J connectivity index is 1.91. The van der Waals surface area contributed by atoms with E-state index in [1.165, 1.54) is 30.5 Å². The molecule has 0 unspecified atom stereocenters. The van der Waals surface area contributed by atoms with E-state index in [4.69, 9.17) is 14.2 Å². The van der Waals surface area contributed by atoms with E-state index in [1.54, 1.807) is 14.2 Å². The zero-order valence-corrected chi connectivity index (χ0v) is 14.9. The molecule has 0 radical (unpaired) electrons. The van der Waals surface area contributed by atoms with Gasteiger partial charge in [0.2, 0.25) is 0 Å². The van der Waals surface area contributed by atoms with E-state index in [0.717, 1.165) is 30.9 Å². The van der Waals surface area contributed by atoms with Crippen LogP contribution in [0.15, 0.2) is 24.3 Å². The van der Waals surface area contributed by atoms with Crippen LogP contribution in [0, 0.1) is 5.92 Å². The first kappa shape index (κ1) is 16.0. The fraction of sp³-hybridized carbons (Fsp3) is 0.600. The van der Waals surface area contributed by atoms with Gasteiger partial charge in [-0.15, -0.1) is 0 Å². The highest BCUT2D eigenvalue weighted by Gasteiger charge is 2.53. The van der Waals surface area contributed by atoms with Crippen molar-refractivity contribution in [3.05, 3.63) is 35.4 Å². The van der Waals surface area contributed by atoms with Crippen LogP contribution in [0.5, 0.6) is 11.5 Å². The van der Waals surface area contributed by atoms with Crippen molar-refractivity contribution in [2.24, 2.45) is 5.92 Å². The number of aryl methyl sites for hydroxylation is 1. The maximum absolute atomic E-state index is 5.73. The Hall–Kier alpha value is -1.52. The summed E-state index contributed by atoms with van der Waals surface area (Å²) >= 11 is 0. The minimum absolute atomic E-state index is 0.0425. The highest BCUT2D eigenvalue weighted by atomic mass is 16.5. The molecule has 0 amide bonds. The number of hydrogen-bond donors (Lipinski definition) is 0. The van der Waals surface area contributed by atoms with Crippen LogP contribution in [0.2, 0.25) is 0 Å². The topological polar surface area (TPSA) is 30.9 Å². The number of hydrogen-bond acceptors (Lipinski definition) is 4. The molecule has 24 heavy (non-hydrogen) atoms. The standard InChI is InChI=1S/C20H27NO3/c1-22-16-7-6-15-8-10-21-9-4-5-14-11-18(23-2)19(24-3)12-17(14)20(15,21)13-16/h6-7,11-12,15-16H,4-5,8-10,13H2,1-3H3/t15-,16-,20-/m0/s1. The first-order valence-electron chi connectivity index (χ1n) is 8.94. The van der Waals surface area contributed by atoms with Crippen molar-refractivity contribution in [3.8, 4) is 11.5 Å². The molecule has 1 saturated heterocycles. The smallest absolute Gasteiger partial charge is 0.161 e. The molecule has 1 aromatic carbocycles. The molecule has 0 bridgehead atoms. The summed E-state index contributed by atoms with van der Waals surface area (Å²) in [7, 11) is 5.26. The highest BCUT2D eigenvalue weighted by Crippen LogP contribution is 2.53. The second-order valence-electron chi connectivity index (χ2n) is 7.14. The van der Waals surface area contributed by atoms with Gasteiger partial charge in [-0.3, -0.25) is 4.90 Å². The lowest BCUT2D eigenvalue weighted by Gasteiger charge is -2.46. The Kier molecular flexibility index (Phi) is 4.05. The third-order valence-corrected chi connectivity index (χ3v) is 6.21. The molecular formula is C20H27NO3. The molecule has 0 N–H and O–H groups in total. The van der Waals surface area contributed by atoms with E-state index < -0.39 is 0 Å². The van der Waals surface area contributed by atoms with E-state index in [1.807, 2.05) is 7.11 Å². The van der Waals surface area contributed by atoms with Crippen molar-refractivity contribution in [3.63, 3.8) is 0 Å². The Bertz CT molecular complexity index is 657.